The third-order valence-electron chi connectivity index (χ3n) is 12.1. The second-order valence-corrected chi connectivity index (χ2v) is 20.2. The predicted octanol–water partition coefficient (Wildman–Crippen LogP) is 9.43. The first-order chi connectivity index (χ1) is 32.1. The molecule has 16 nitrogen and oxygen atoms in total. The standard InChI is InChI=1S/C50H88N2O14S/c1-66-37-25-28-43(53)34-32-41(49(60)61)40-45(55)35-33-42(50(62)63)39-44(54)27-21-17-13-9-8-12-16-20-24-36-51-46(56)30-26-38-67(64,65)52-47(57)29-22-18-14-10-6-4-2-3-5-7-11-15-19-23-31-48(58)59/h41-42H,2-40H2,1H3,(H,51,56)(H,52,57)(H,58,59)(H,60,61)(H,62,63)/t41?,42-/m1/s1. The topological polar surface area (TPSA) is 265 Å². The normalized spacial score (nSPS) is 12.3. The SMILES string of the molecule is COCCCC(=O)CCC(CC(=O)CC[C@H](CC(=O)CCCCCCCCCCCNC(=O)CCCS(=O)(=O)NC(=O)CCCCCCCCCCCCCCCCC(=O)O)C(=O)O)C(=O)O. The molecule has 67 heavy (non-hydrogen) atoms. The van der Waals surface area contributed by atoms with Gasteiger partial charge >= 0.3 is 17.9 Å². The number of carboxylic acid groups (broad SMARTS) is 3. The van der Waals surface area contributed by atoms with Crippen LogP contribution in [0.3, 0.4) is 0 Å². The van der Waals surface area contributed by atoms with Crippen molar-refractivity contribution in [3.05, 3.63) is 0 Å². The van der Waals surface area contributed by atoms with Gasteiger partial charge in [0.15, 0.2) is 0 Å². The van der Waals surface area contributed by atoms with Crippen LogP contribution in [0.1, 0.15) is 231 Å². The molecule has 0 aromatic rings. The molecule has 0 aliphatic carbocycles. The van der Waals surface area contributed by atoms with Crippen LogP contribution in [0, 0.1) is 11.8 Å². The minimum atomic E-state index is -3.79. The zero-order chi connectivity index (χ0) is 50.0. The summed E-state index contributed by atoms with van der Waals surface area (Å²) in [6.07, 6.45) is 24.4. The number of ether oxygens (including phenoxy) is 1. The fourth-order valence-electron chi connectivity index (χ4n) is 7.97. The molecule has 0 bridgehead atoms. The monoisotopic (exact) mass is 973 g/mol. The lowest BCUT2D eigenvalue weighted by atomic mass is 9.90. The zero-order valence-electron chi connectivity index (χ0n) is 41.0. The maximum Gasteiger partial charge on any atom is 0.306 e. The molecule has 0 heterocycles. The van der Waals surface area contributed by atoms with E-state index < -0.39 is 51.5 Å². The minimum Gasteiger partial charge on any atom is -0.481 e. The zero-order valence-corrected chi connectivity index (χ0v) is 41.8. The molecule has 0 aromatic carbocycles. The lowest BCUT2D eigenvalue weighted by molar-refractivity contribution is -0.145. The molecule has 0 spiro atoms. The largest absolute Gasteiger partial charge is 0.481 e. The Balaban J connectivity index is 3.86. The molecule has 0 aromatic heterocycles. The third-order valence-corrected chi connectivity index (χ3v) is 13.4. The summed E-state index contributed by atoms with van der Waals surface area (Å²) >= 11 is 0. The number of carbonyl (C=O) groups is 8. The summed E-state index contributed by atoms with van der Waals surface area (Å²) in [4.78, 5) is 95.3. The van der Waals surface area contributed by atoms with Gasteiger partial charge in [0.25, 0.3) is 0 Å². The van der Waals surface area contributed by atoms with E-state index in [2.05, 4.69) is 10.0 Å². The molecule has 0 saturated heterocycles. The van der Waals surface area contributed by atoms with Crippen LogP contribution in [-0.4, -0.2) is 96.8 Å². The van der Waals surface area contributed by atoms with E-state index in [0.29, 0.717) is 32.4 Å². The van der Waals surface area contributed by atoms with Gasteiger partial charge in [-0.25, -0.2) is 8.42 Å². The molecule has 0 radical (unpaired) electrons. The van der Waals surface area contributed by atoms with Gasteiger partial charge in [-0.2, -0.15) is 0 Å². The third kappa shape index (κ3) is 42.1. The van der Waals surface area contributed by atoms with E-state index in [-0.39, 0.29) is 100 Å². The molecule has 0 aliphatic rings. The molecule has 0 aliphatic heterocycles. The summed E-state index contributed by atoms with van der Waals surface area (Å²) in [5, 5.41) is 30.6. The van der Waals surface area contributed by atoms with E-state index in [1.807, 2.05) is 0 Å². The highest BCUT2D eigenvalue weighted by Crippen LogP contribution is 2.21. The number of methoxy groups -OCH3 is 1. The quantitative estimate of drug-likeness (QED) is 0.0356. The Hall–Kier alpha value is -3.73. The van der Waals surface area contributed by atoms with Crippen molar-refractivity contribution in [2.75, 3.05) is 26.0 Å². The number of hydrogen-bond acceptors (Lipinski definition) is 11. The highest BCUT2D eigenvalue weighted by molar-refractivity contribution is 7.90. The predicted molar refractivity (Wildman–Crippen MR) is 258 cm³/mol. The molecule has 0 saturated carbocycles. The van der Waals surface area contributed by atoms with Gasteiger partial charge in [-0.3, -0.25) is 43.1 Å². The molecular weight excluding hydrogens is 885 g/mol. The summed E-state index contributed by atoms with van der Waals surface area (Å²) in [6, 6.07) is 0. The number of Topliss-reactive ketones (excluding diaryl/α,β-unsaturated/α-hetero) is 3. The number of rotatable bonds is 50. The summed E-state index contributed by atoms with van der Waals surface area (Å²) in [6.45, 7) is 0.943. The highest BCUT2D eigenvalue weighted by atomic mass is 32.2. The Kier molecular flexibility index (Phi) is 40.0. The first kappa shape index (κ1) is 63.3. The molecular formula is C50H88N2O14S. The van der Waals surface area contributed by atoms with E-state index in [4.69, 9.17) is 9.84 Å². The first-order valence-corrected chi connectivity index (χ1v) is 27.2. The van der Waals surface area contributed by atoms with Gasteiger partial charge < -0.3 is 25.4 Å². The maximum absolute atomic E-state index is 12.5. The van der Waals surface area contributed by atoms with Gasteiger partial charge in [0.1, 0.15) is 17.3 Å². The van der Waals surface area contributed by atoms with Gasteiger partial charge in [-0.1, -0.05) is 122 Å². The number of sulfonamides is 1. The van der Waals surface area contributed by atoms with Crippen molar-refractivity contribution in [1.29, 1.82) is 0 Å². The molecule has 2 atom stereocenters. The average Bonchev–Trinajstić information content (AvgIpc) is 3.26. The van der Waals surface area contributed by atoms with E-state index in [9.17, 15) is 57.0 Å². The minimum absolute atomic E-state index is 0.0369. The van der Waals surface area contributed by atoms with E-state index >= 15 is 0 Å². The molecule has 388 valence electrons. The van der Waals surface area contributed by atoms with Crippen LogP contribution >= 0.6 is 0 Å². The Morgan fingerprint density at radius 2 is 0.806 bits per heavy atom. The van der Waals surface area contributed by atoms with Gasteiger partial charge in [0.05, 0.1) is 17.6 Å². The Labute approximate surface area is 401 Å². The van der Waals surface area contributed by atoms with E-state index in [1.165, 1.54) is 45.6 Å². The van der Waals surface area contributed by atoms with E-state index in [1.54, 1.807) is 0 Å². The number of nitrogens with one attached hydrogen (secondary N) is 2. The van der Waals surface area contributed by atoms with Crippen molar-refractivity contribution < 1.29 is 66.8 Å². The summed E-state index contributed by atoms with van der Waals surface area (Å²) in [7, 11) is -2.26. The Morgan fingerprint density at radius 3 is 1.25 bits per heavy atom. The van der Waals surface area contributed by atoms with Crippen LogP contribution in [0.25, 0.3) is 0 Å². The average molecular weight is 973 g/mol. The molecule has 1 unspecified atom stereocenters. The number of carbonyl (C=O) groups excluding carboxylic acids is 5. The van der Waals surface area contributed by atoms with Crippen molar-refractivity contribution in [2.24, 2.45) is 11.8 Å². The van der Waals surface area contributed by atoms with Gasteiger partial charge in [-0.05, 0) is 51.4 Å². The van der Waals surface area contributed by atoms with Crippen LogP contribution in [-0.2, 0) is 53.1 Å². The number of carboxylic acids is 3. The fourth-order valence-corrected chi connectivity index (χ4v) is 9.05. The van der Waals surface area contributed by atoms with Crippen LogP contribution in [0.4, 0.5) is 0 Å². The highest BCUT2D eigenvalue weighted by Gasteiger charge is 2.26. The van der Waals surface area contributed by atoms with Gasteiger partial charge in [0.2, 0.25) is 21.8 Å². The molecule has 0 rings (SSSR count). The fraction of sp³-hybridized carbons (Fsp3) is 0.840. The van der Waals surface area contributed by atoms with Crippen LogP contribution in [0.5, 0.6) is 0 Å². The number of aliphatic carboxylic acids is 3. The molecule has 0 fully saturated rings. The first-order valence-electron chi connectivity index (χ1n) is 25.6. The summed E-state index contributed by atoms with van der Waals surface area (Å²) in [5.41, 5.74) is 0. The van der Waals surface area contributed by atoms with Crippen molar-refractivity contribution in [3.63, 3.8) is 0 Å². The number of hydrogen-bond donors (Lipinski definition) is 5. The smallest absolute Gasteiger partial charge is 0.306 e. The van der Waals surface area contributed by atoms with Crippen molar-refractivity contribution >= 4 is 57.1 Å². The summed E-state index contributed by atoms with van der Waals surface area (Å²) < 4.78 is 31.7. The van der Waals surface area contributed by atoms with Crippen LogP contribution in [0.2, 0.25) is 0 Å². The number of amides is 2. The van der Waals surface area contributed by atoms with Crippen LogP contribution in [0.15, 0.2) is 0 Å². The lowest BCUT2D eigenvalue weighted by Gasteiger charge is -2.14. The second-order valence-electron chi connectivity index (χ2n) is 18.3. The second kappa shape index (κ2) is 42.4. The van der Waals surface area contributed by atoms with Crippen molar-refractivity contribution in [2.45, 2.75) is 231 Å². The number of unbranched alkanes of at least 4 members (excludes halogenated alkanes) is 21. The van der Waals surface area contributed by atoms with Gasteiger partial charge in [-0.15, -0.1) is 0 Å². The molecule has 17 heteroatoms. The molecule has 2 amide bonds. The summed E-state index contributed by atoms with van der Waals surface area (Å²) in [5.74, 6) is -6.75. The maximum atomic E-state index is 12.5. The Morgan fingerprint density at radius 1 is 0.433 bits per heavy atom. The van der Waals surface area contributed by atoms with Crippen molar-refractivity contribution in [1.82, 2.24) is 10.0 Å². The van der Waals surface area contributed by atoms with Crippen molar-refractivity contribution in [3.8, 4) is 0 Å². The lowest BCUT2D eigenvalue weighted by Crippen LogP contribution is -2.33. The number of ketones is 3. The van der Waals surface area contributed by atoms with Crippen LogP contribution < -0.4 is 10.0 Å². The van der Waals surface area contributed by atoms with Gasteiger partial charge in [0, 0.05) is 78.0 Å². The van der Waals surface area contributed by atoms with E-state index in [0.717, 1.165) is 96.3 Å². The molecule has 5 N–H and O–H groups in total. The Bertz CT molecular complexity index is 1520.